The number of hydrogen-bond acceptors (Lipinski definition) is 6. The molecule has 0 atom stereocenters. The molecule has 4 N–H and O–H groups in total. The Kier molecular flexibility index (Phi) is 4.00. The summed E-state index contributed by atoms with van der Waals surface area (Å²) in [4.78, 5) is 30.7. The number of fused-ring (bicyclic) bond motifs is 1. The van der Waals surface area contributed by atoms with Crippen molar-refractivity contribution in [2.75, 3.05) is 12.5 Å². The van der Waals surface area contributed by atoms with Crippen LogP contribution in [0, 0.1) is 0 Å². The number of carboxylic acid groups (broad SMARTS) is 1. The lowest BCUT2D eigenvalue weighted by atomic mass is 10.2. The molecule has 122 valence electrons. The highest BCUT2D eigenvalue weighted by Crippen LogP contribution is 2.30. The van der Waals surface area contributed by atoms with E-state index in [2.05, 4.69) is 15.4 Å². The number of thiazole rings is 1. The van der Waals surface area contributed by atoms with Gasteiger partial charge < -0.3 is 10.8 Å². The van der Waals surface area contributed by atoms with Crippen LogP contribution in [0.4, 0.5) is 10.6 Å². The van der Waals surface area contributed by atoms with Gasteiger partial charge in [0.1, 0.15) is 10.8 Å². The van der Waals surface area contributed by atoms with E-state index >= 15 is 0 Å². The van der Waals surface area contributed by atoms with E-state index in [1.807, 2.05) is 0 Å². The lowest BCUT2D eigenvalue weighted by Crippen LogP contribution is -2.30. The number of carbonyl (C=O) groups is 2. The maximum atomic E-state index is 11.2. The first-order valence-corrected chi connectivity index (χ1v) is 7.66. The first-order valence-electron chi connectivity index (χ1n) is 6.84. The largest absolute Gasteiger partial charge is 0.464 e. The molecule has 3 aromatic rings. The van der Waals surface area contributed by atoms with Gasteiger partial charge in [-0.3, -0.25) is 10.2 Å². The molecule has 0 saturated heterocycles. The first kappa shape index (κ1) is 15.7. The number of hydrogen-bond donors (Lipinski definition) is 3. The van der Waals surface area contributed by atoms with E-state index in [-0.39, 0.29) is 0 Å². The number of carbonyl (C=O) groups excluding carboxylic acids is 1. The first-order chi connectivity index (χ1) is 11.4. The number of hydrazine groups is 1. The van der Waals surface area contributed by atoms with E-state index < -0.39 is 12.0 Å². The van der Waals surface area contributed by atoms with Gasteiger partial charge in [0, 0.05) is 24.4 Å². The Morgan fingerprint density at radius 3 is 2.71 bits per heavy atom. The smallest absolute Gasteiger partial charge is 0.425 e. The van der Waals surface area contributed by atoms with Crippen molar-refractivity contribution in [2.24, 2.45) is 5.73 Å². The number of amides is 2. The van der Waals surface area contributed by atoms with Crippen LogP contribution in [0.3, 0.4) is 0 Å². The summed E-state index contributed by atoms with van der Waals surface area (Å²) in [6.45, 7) is 0. The summed E-state index contributed by atoms with van der Waals surface area (Å²) in [6.07, 6.45) is 0.488. The van der Waals surface area contributed by atoms with Gasteiger partial charge in [0.05, 0.1) is 10.2 Å². The van der Waals surface area contributed by atoms with Crippen LogP contribution in [0.5, 0.6) is 0 Å². The molecule has 0 bridgehead atoms. The fraction of sp³-hybridized carbons (Fsp3) is 0.0667. The van der Waals surface area contributed by atoms with Crippen LogP contribution in [0.15, 0.2) is 36.5 Å². The molecule has 2 aromatic heterocycles. The predicted molar refractivity (Wildman–Crippen MR) is 90.8 cm³/mol. The molecular formula is C15H13N5O3S. The minimum Gasteiger partial charge on any atom is -0.464 e. The molecule has 1 aromatic carbocycles. The zero-order valence-electron chi connectivity index (χ0n) is 12.6. The van der Waals surface area contributed by atoms with Gasteiger partial charge in [0.2, 0.25) is 5.91 Å². The van der Waals surface area contributed by atoms with Gasteiger partial charge >= 0.3 is 6.09 Å². The number of nitrogens with zero attached hydrogens (tertiary/aromatic N) is 3. The summed E-state index contributed by atoms with van der Waals surface area (Å²) in [7, 11) is 1.38. The van der Waals surface area contributed by atoms with Crippen LogP contribution in [0.25, 0.3) is 20.8 Å². The van der Waals surface area contributed by atoms with Crippen molar-refractivity contribution >= 4 is 39.4 Å². The molecule has 8 nitrogen and oxygen atoms in total. The number of rotatable bonds is 4. The Balaban J connectivity index is 1.87. The Labute approximate surface area is 140 Å². The number of pyridine rings is 1. The van der Waals surface area contributed by atoms with Crippen LogP contribution >= 0.6 is 11.3 Å². The minimum atomic E-state index is -1.11. The fourth-order valence-electron chi connectivity index (χ4n) is 2.01. The Hall–Kier alpha value is -3.20. The lowest BCUT2D eigenvalue weighted by molar-refractivity contribution is 0.100. The minimum absolute atomic E-state index is 0.403. The van der Waals surface area contributed by atoms with Crippen LogP contribution in [0.2, 0.25) is 0 Å². The Bertz CT molecular complexity index is 923. The van der Waals surface area contributed by atoms with E-state index in [0.29, 0.717) is 11.4 Å². The number of nitrogens with two attached hydrogens (primary N) is 1. The lowest BCUT2D eigenvalue weighted by Gasteiger charge is -2.14. The van der Waals surface area contributed by atoms with Crippen LogP contribution < -0.4 is 11.2 Å². The second-order valence-corrected chi connectivity index (χ2v) is 5.98. The number of nitrogens with one attached hydrogen (secondary N) is 1. The van der Waals surface area contributed by atoms with Crippen molar-refractivity contribution in [2.45, 2.75) is 0 Å². The molecule has 0 unspecified atom stereocenters. The molecule has 0 fully saturated rings. The molecule has 0 saturated carbocycles. The number of aromatic nitrogens is 2. The molecular weight excluding hydrogens is 330 g/mol. The monoisotopic (exact) mass is 343 g/mol. The highest BCUT2D eigenvalue weighted by atomic mass is 32.1. The molecule has 24 heavy (non-hydrogen) atoms. The quantitative estimate of drug-likeness (QED) is 0.625. The second kappa shape index (κ2) is 6.13. The average Bonchev–Trinajstić information content (AvgIpc) is 2.98. The highest BCUT2D eigenvalue weighted by molar-refractivity contribution is 7.21. The number of anilines is 1. The third kappa shape index (κ3) is 3.10. The maximum Gasteiger partial charge on any atom is 0.425 e. The average molecular weight is 343 g/mol. The van der Waals surface area contributed by atoms with Crippen LogP contribution in [-0.4, -0.2) is 39.1 Å². The Morgan fingerprint density at radius 1 is 1.29 bits per heavy atom. The van der Waals surface area contributed by atoms with Gasteiger partial charge in [-0.05, 0) is 30.3 Å². The van der Waals surface area contributed by atoms with Crippen molar-refractivity contribution in [3.63, 3.8) is 0 Å². The topological polar surface area (TPSA) is 121 Å². The summed E-state index contributed by atoms with van der Waals surface area (Å²) in [5.74, 6) is -0.0766. The molecule has 0 aliphatic heterocycles. The summed E-state index contributed by atoms with van der Waals surface area (Å²) in [5.41, 5.74) is 9.90. The fourth-order valence-corrected chi connectivity index (χ4v) is 3.00. The standard InChI is InChI=1S/C15H13N5O3S/c1-20(15(22)23)19-12-5-3-9(7-17-12)14-18-10-4-2-8(13(16)21)6-11(10)24-14/h2-7H,1H3,(H2,16,21)(H,17,19)(H,22,23). The molecule has 3 rings (SSSR count). The molecule has 0 radical (unpaired) electrons. The van der Waals surface area contributed by atoms with Crippen molar-refractivity contribution in [1.82, 2.24) is 15.0 Å². The van der Waals surface area contributed by atoms with Crippen molar-refractivity contribution in [3.8, 4) is 10.6 Å². The van der Waals surface area contributed by atoms with Crippen molar-refractivity contribution in [3.05, 3.63) is 42.1 Å². The third-order valence-corrected chi connectivity index (χ3v) is 4.32. The zero-order valence-corrected chi connectivity index (χ0v) is 13.4. The van der Waals surface area contributed by atoms with Crippen molar-refractivity contribution in [1.29, 1.82) is 0 Å². The molecule has 9 heteroatoms. The van der Waals surface area contributed by atoms with Gasteiger partial charge in [-0.25, -0.2) is 19.8 Å². The summed E-state index contributed by atoms with van der Waals surface area (Å²) in [6, 6.07) is 8.55. The van der Waals surface area contributed by atoms with Gasteiger partial charge in [-0.1, -0.05) is 0 Å². The molecule has 2 heterocycles. The molecule has 0 aliphatic rings. The SMILES string of the molecule is CN(Nc1ccc(-c2nc3ccc(C(N)=O)cc3s2)cn1)C(=O)O. The van der Waals surface area contributed by atoms with Gasteiger partial charge in [-0.15, -0.1) is 11.3 Å². The van der Waals surface area contributed by atoms with Crippen LogP contribution in [-0.2, 0) is 0 Å². The van der Waals surface area contributed by atoms with E-state index in [1.54, 1.807) is 36.5 Å². The zero-order chi connectivity index (χ0) is 17.3. The van der Waals surface area contributed by atoms with Gasteiger partial charge in [-0.2, -0.15) is 0 Å². The van der Waals surface area contributed by atoms with E-state index in [4.69, 9.17) is 10.8 Å². The number of primary amides is 1. The van der Waals surface area contributed by atoms with Gasteiger partial charge in [0.25, 0.3) is 0 Å². The van der Waals surface area contributed by atoms with E-state index in [9.17, 15) is 9.59 Å². The number of benzene rings is 1. The van der Waals surface area contributed by atoms with E-state index in [0.717, 1.165) is 25.8 Å². The second-order valence-electron chi connectivity index (χ2n) is 4.95. The summed E-state index contributed by atoms with van der Waals surface area (Å²) < 4.78 is 0.856. The van der Waals surface area contributed by atoms with Crippen molar-refractivity contribution < 1.29 is 14.7 Å². The molecule has 0 spiro atoms. The maximum absolute atomic E-state index is 11.2. The Morgan fingerprint density at radius 2 is 2.08 bits per heavy atom. The predicted octanol–water partition coefficient (Wildman–Crippen LogP) is 2.39. The van der Waals surface area contributed by atoms with Crippen LogP contribution in [0.1, 0.15) is 10.4 Å². The summed E-state index contributed by atoms with van der Waals surface area (Å²) >= 11 is 1.42. The van der Waals surface area contributed by atoms with E-state index in [1.165, 1.54) is 18.4 Å². The normalized spacial score (nSPS) is 10.5. The highest BCUT2D eigenvalue weighted by Gasteiger charge is 2.10. The van der Waals surface area contributed by atoms with Gasteiger partial charge in [0.15, 0.2) is 0 Å². The summed E-state index contributed by atoms with van der Waals surface area (Å²) in [5, 5.41) is 10.5. The third-order valence-electron chi connectivity index (χ3n) is 3.25. The molecule has 0 aliphatic carbocycles. The molecule has 2 amide bonds.